The van der Waals surface area contributed by atoms with Gasteiger partial charge in [-0.3, -0.25) is 5.43 Å². The zero-order chi connectivity index (χ0) is 13.5. The molecule has 0 spiro atoms. The summed E-state index contributed by atoms with van der Waals surface area (Å²) in [6.45, 7) is 0. The van der Waals surface area contributed by atoms with E-state index < -0.39 is 0 Å². The van der Waals surface area contributed by atoms with Crippen LogP contribution in [0.2, 0.25) is 0 Å². The molecule has 3 N–H and O–H groups in total. The molecule has 2 aromatic carbocycles. The maximum Gasteiger partial charge on any atom is 0.191 e. The second-order valence-corrected chi connectivity index (χ2v) is 4.19. The highest BCUT2D eigenvalue weighted by molar-refractivity contribution is 7.80. The zero-order valence-corrected chi connectivity index (χ0v) is 10.9. The van der Waals surface area contributed by atoms with Gasteiger partial charge < -0.3 is 10.4 Å². The molecule has 2 rings (SSSR count). The van der Waals surface area contributed by atoms with E-state index in [1.807, 2.05) is 36.4 Å². The summed E-state index contributed by atoms with van der Waals surface area (Å²) in [4.78, 5) is 0. The second kappa shape index (κ2) is 6.51. The van der Waals surface area contributed by atoms with Gasteiger partial charge in [-0.25, -0.2) is 0 Å². The fourth-order valence-corrected chi connectivity index (χ4v) is 1.62. The minimum absolute atomic E-state index is 0.203. The normalized spacial score (nSPS) is 10.3. The number of rotatable bonds is 3. The van der Waals surface area contributed by atoms with Gasteiger partial charge in [0.15, 0.2) is 5.11 Å². The summed E-state index contributed by atoms with van der Waals surface area (Å²) in [6, 6.07) is 16.4. The first kappa shape index (κ1) is 13.0. The summed E-state index contributed by atoms with van der Waals surface area (Å²) in [5.74, 6) is 0.203. The third kappa shape index (κ3) is 4.40. The molecule has 0 fully saturated rings. The van der Waals surface area contributed by atoms with Gasteiger partial charge in [0.25, 0.3) is 0 Å². The van der Waals surface area contributed by atoms with Crippen LogP contribution in [0, 0.1) is 0 Å². The molecule has 2 aromatic rings. The van der Waals surface area contributed by atoms with Gasteiger partial charge >= 0.3 is 0 Å². The van der Waals surface area contributed by atoms with Gasteiger partial charge in [-0.15, -0.1) is 0 Å². The van der Waals surface area contributed by atoms with Gasteiger partial charge in [-0.2, -0.15) is 5.10 Å². The number of benzene rings is 2. The summed E-state index contributed by atoms with van der Waals surface area (Å²) in [7, 11) is 0. The predicted molar refractivity (Wildman–Crippen MR) is 81.5 cm³/mol. The summed E-state index contributed by atoms with van der Waals surface area (Å²) in [5, 5.41) is 16.7. The maximum atomic E-state index is 9.30. The fraction of sp³-hybridized carbons (Fsp3) is 0. The van der Waals surface area contributed by atoms with Crippen LogP contribution in [0.3, 0.4) is 0 Å². The second-order valence-electron chi connectivity index (χ2n) is 3.79. The molecule has 96 valence electrons. The Morgan fingerprint density at radius 1 is 1.11 bits per heavy atom. The molecule has 0 heterocycles. The van der Waals surface area contributed by atoms with Gasteiger partial charge in [0.1, 0.15) is 5.75 Å². The van der Waals surface area contributed by atoms with Crippen LogP contribution in [0.4, 0.5) is 5.69 Å². The molecule has 0 bridgehead atoms. The Hall–Kier alpha value is -2.40. The van der Waals surface area contributed by atoms with Gasteiger partial charge in [-0.05, 0) is 42.0 Å². The SMILES string of the molecule is Oc1cccc(/C=N/NC(=S)Nc2ccccc2)c1. The number of anilines is 1. The number of phenols is 1. The number of hydrazone groups is 1. The number of thiocarbonyl (C=S) groups is 1. The molecule has 0 aliphatic rings. The Morgan fingerprint density at radius 3 is 2.63 bits per heavy atom. The van der Waals surface area contributed by atoms with Gasteiger partial charge in [0.05, 0.1) is 6.21 Å². The quantitative estimate of drug-likeness (QED) is 0.456. The van der Waals surface area contributed by atoms with Crippen molar-refractivity contribution in [2.45, 2.75) is 0 Å². The van der Waals surface area contributed by atoms with Crippen LogP contribution in [0.5, 0.6) is 5.75 Å². The van der Waals surface area contributed by atoms with E-state index in [0.29, 0.717) is 5.11 Å². The molecule has 0 saturated heterocycles. The third-order valence-electron chi connectivity index (χ3n) is 2.28. The maximum absolute atomic E-state index is 9.30. The molecule has 4 nitrogen and oxygen atoms in total. The average molecular weight is 271 g/mol. The Balaban J connectivity index is 1.87. The third-order valence-corrected chi connectivity index (χ3v) is 2.47. The zero-order valence-electron chi connectivity index (χ0n) is 10.1. The molecule has 0 unspecified atom stereocenters. The molecule has 0 aliphatic heterocycles. The number of hydrogen-bond donors (Lipinski definition) is 3. The van der Waals surface area contributed by atoms with Crippen LogP contribution in [0.25, 0.3) is 0 Å². The number of nitrogens with zero attached hydrogens (tertiary/aromatic N) is 1. The molecule has 0 aromatic heterocycles. The van der Waals surface area contributed by atoms with E-state index in [4.69, 9.17) is 12.2 Å². The number of hydrogen-bond acceptors (Lipinski definition) is 3. The summed E-state index contributed by atoms with van der Waals surface area (Å²) >= 11 is 5.09. The van der Waals surface area contributed by atoms with Crippen molar-refractivity contribution in [3.63, 3.8) is 0 Å². The topological polar surface area (TPSA) is 56.7 Å². The van der Waals surface area contributed by atoms with E-state index in [0.717, 1.165) is 11.3 Å². The fourth-order valence-electron chi connectivity index (χ4n) is 1.45. The molecule has 0 amide bonds. The lowest BCUT2D eigenvalue weighted by molar-refractivity contribution is 0.475. The molecule has 0 radical (unpaired) electrons. The number of para-hydroxylation sites is 1. The highest BCUT2D eigenvalue weighted by Gasteiger charge is 1.94. The van der Waals surface area contributed by atoms with Crippen molar-refractivity contribution in [3.8, 4) is 5.75 Å². The van der Waals surface area contributed by atoms with Crippen molar-refractivity contribution in [2.75, 3.05) is 5.32 Å². The van der Waals surface area contributed by atoms with Gasteiger partial charge in [0.2, 0.25) is 0 Å². The number of nitrogens with one attached hydrogen (secondary N) is 2. The average Bonchev–Trinajstić information content (AvgIpc) is 2.40. The predicted octanol–water partition coefficient (Wildman–Crippen LogP) is 2.71. The Morgan fingerprint density at radius 2 is 1.89 bits per heavy atom. The van der Waals surface area contributed by atoms with Crippen LogP contribution in [0.1, 0.15) is 5.56 Å². The van der Waals surface area contributed by atoms with E-state index in [2.05, 4.69) is 15.8 Å². The minimum atomic E-state index is 0.203. The van der Waals surface area contributed by atoms with Crippen molar-refractivity contribution in [3.05, 3.63) is 60.2 Å². The molecule has 0 aliphatic carbocycles. The summed E-state index contributed by atoms with van der Waals surface area (Å²) < 4.78 is 0. The van der Waals surface area contributed by atoms with E-state index >= 15 is 0 Å². The largest absolute Gasteiger partial charge is 0.508 e. The highest BCUT2D eigenvalue weighted by atomic mass is 32.1. The first-order chi connectivity index (χ1) is 9.24. The van der Waals surface area contributed by atoms with Crippen molar-refractivity contribution in [2.24, 2.45) is 5.10 Å². The molecule has 0 saturated carbocycles. The van der Waals surface area contributed by atoms with Crippen molar-refractivity contribution in [1.29, 1.82) is 0 Å². The van der Waals surface area contributed by atoms with E-state index in [1.165, 1.54) is 0 Å². The molecule has 5 heteroatoms. The van der Waals surface area contributed by atoms with Crippen molar-refractivity contribution in [1.82, 2.24) is 5.43 Å². The lowest BCUT2D eigenvalue weighted by atomic mass is 10.2. The monoisotopic (exact) mass is 271 g/mol. The Labute approximate surface area is 116 Å². The van der Waals surface area contributed by atoms with Crippen molar-refractivity contribution < 1.29 is 5.11 Å². The Kier molecular flexibility index (Phi) is 4.47. The minimum Gasteiger partial charge on any atom is -0.508 e. The van der Waals surface area contributed by atoms with Crippen LogP contribution in [-0.2, 0) is 0 Å². The number of phenolic OH excluding ortho intramolecular Hbond substituents is 1. The standard InChI is InChI=1S/C14H13N3OS/c18-13-8-4-5-11(9-13)10-15-17-14(19)16-12-6-2-1-3-7-12/h1-10,18H,(H2,16,17,19)/b15-10+. The van der Waals surface area contributed by atoms with E-state index in [-0.39, 0.29) is 5.75 Å². The number of aromatic hydroxyl groups is 1. The van der Waals surface area contributed by atoms with Crippen LogP contribution >= 0.6 is 12.2 Å². The van der Waals surface area contributed by atoms with Crippen LogP contribution < -0.4 is 10.7 Å². The van der Waals surface area contributed by atoms with E-state index in [9.17, 15) is 5.11 Å². The summed E-state index contributed by atoms with van der Waals surface area (Å²) in [5.41, 5.74) is 4.39. The first-order valence-electron chi connectivity index (χ1n) is 5.68. The van der Waals surface area contributed by atoms with Gasteiger partial charge in [-0.1, -0.05) is 30.3 Å². The van der Waals surface area contributed by atoms with E-state index in [1.54, 1.807) is 24.4 Å². The van der Waals surface area contributed by atoms with Crippen molar-refractivity contribution >= 4 is 29.2 Å². The molecular formula is C14H13N3OS. The van der Waals surface area contributed by atoms with Crippen LogP contribution in [-0.4, -0.2) is 16.4 Å². The highest BCUT2D eigenvalue weighted by Crippen LogP contribution is 2.08. The molecular weight excluding hydrogens is 258 g/mol. The molecule has 0 atom stereocenters. The van der Waals surface area contributed by atoms with Gasteiger partial charge in [0, 0.05) is 5.69 Å². The Bertz CT molecular complexity index is 584. The lowest BCUT2D eigenvalue weighted by Crippen LogP contribution is -2.23. The summed E-state index contributed by atoms with van der Waals surface area (Å²) in [6.07, 6.45) is 1.58. The first-order valence-corrected chi connectivity index (χ1v) is 6.09. The smallest absolute Gasteiger partial charge is 0.191 e. The lowest BCUT2D eigenvalue weighted by Gasteiger charge is -2.06. The van der Waals surface area contributed by atoms with Crippen LogP contribution in [0.15, 0.2) is 59.7 Å². The molecule has 19 heavy (non-hydrogen) atoms.